The van der Waals surface area contributed by atoms with Gasteiger partial charge >= 0.3 is 0 Å². The van der Waals surface area contributed by atoms with Crippen molar-refractivity contribution in [1.82, 2.24) is 16.0 Å². The third-order valence-corrected chi connectivity index (χ3v) is 5.02. The highest BCUT2D eigenvalue weighted by atomic mass is 16.5. The second-order valence-corrected chi connectivity index (χ2v) is 7.62. The van der Waals surface area contributed by atoms with Crippen LogP contribution in [0.3, 0.4) is 0 Å². The molecule has 1 heterocycles. The smallest absolute Gasteiger partial charge is 0.257 e. The van der Waals surface area contributed by atoms with Gasteiger partial charge in [0.25, 0.3) is 5.91 Å². The lowest BCUT2D eigenvalue weighted by molar-refractivity contribution is -0.204. The van der Waals surface area contributed by atoms with Gasteiger partial charge in [0.1, 0.15) is 5.72 Å². The molecule has 3 rings (SSSR count). The molecule has 0 aliphatic carbocycles. The lowest BCUT2D eigenvalue weighted by Crippen LogP contribution is -2.59. The zero-order valence-electron chi connectivity index (χ0n) is 17.5. The van der Waals surface area contributed by atoms with Crippen LogP contribution in [-0.2, 0) is 9.53 Å². The first-order valence-electron chi connectivity index (χ1n) is 10.0. The Hall–Kier alpha value is -3.31. The second kappa shape index (κ2) is 9.46. The molecule has 5 heteroatoms. The maximum Gasteiger partial charge on any atom is 0.257 e. The molecule has 30 heavy (non-hydrogen) atoms. The van der Waals surface area contributed by atoms with Gasteiger partial charge in [0.2, 0.25) is 0 Å². The first kappa shape index (κ1) is 21.4. The molecule has 2 atom stereocenters. The van der Waals surface area contributed by atoms with Crippen molar-refractivity contribution in [3.63, 3.8) is 0 Å². The van der Waals surface area contributed by atoms with Crippen molar-refractivity contribution in [2.75, 3.05) is 0 Å². The highest BCUT2D eigenvalue weighted by molar-refractivity contribution is 5.97. The first-order chi connectivity index (χ1) is 14.4. The SMILES string of the molecule is C=CN/C=C(/C(=C)NC(c1ccccc1)c1ccccc1)C(=O)NC1(C)CC(C)O1. The molecule has 2 unspecified atom stereocenters. The normalized spacial score (nSPS) is 20.8. The van der Waals surface area contributed by atoms with E-state index in [2.05, 4.69) is 29.1 Å². The number of rotatable bonds is 9. The fourth-order valence-corrected chi connectivity index (χ4v) is 3.70. The Morgan fingerprint density at radius 1 is 1.13 bits per heavy atom. The van der Waals surface area contributed by atoms with Crippen LogP contribution in [-0.4, -0.2) is 17.7 Å². The van der Waals surface area contributed by atoms with Crippen molar-refractivity contribution in [3.8, 4) is 0 Å². The lowest BCUT2D eigenvalue weighted by atomic mass is 9.97. The average molecular weight is 404 g/mol. The Morgan fingerprint density at radius 2 is 1.67 bits per heavy atom. The van der Waals surface area contributed by atoms with Crippen molar-refractivity contribution in [1.29, 1.82) is 0 Å². The minimum atomic E-state index is -0.664. The summed E-state index contributed by atoms with van der Waals surface area (Å²) in [7, 11) is 0. The summed E-state index contributed by atoms with van der Waals surface area (Å²) in [4.78, 5) is 13.0. The summed E-state index contributed by atoms with van der Waals surface area (Å²) in [6.07, 6.45) is 4.00. The molecule has 0 aromatic heterocycles. The van der Waals surface area contributed by atoms with Crippen molar-refractivity contribution in [2.45, 2.75) is 38.1 Å². The highest BCUT2D eigenvalue weighted by Gasteiger charge is 2.40. The van der Waals surface area contributed by atoms with Crippen LogP contribution < -0.4 is 16.0 Å². The molecule has 3 N–H and O–H groups in total. The van der Waals surface area contributed by atoms with Gasteiger partial charge in [-0.25, -0.2) is 0 Å². The zero-order chi connectivity index (χ0) is 21.6. The number of ether oxygens (including phenoxy) is 1. The van der Waals surface area contributed by atoms with Crippen LogP contribution in [0.25, 0.3) is 0 Å². The Balaban J connectivity index is 1.83. The van der Waals surface area contributed by atoms with Gasteiger partial charge in [-0.1, -0.05) is 73.8 Å². The van der Waals surface area contributed by atoms with Gasteiger partial charge in [-0.3, -0.25) is 4.79 Å². The van der Waals surface area contributed by atoms with Crippen molar-refractivity contribution < 1.29 is 9.53 Å². The molecule has 0 bridgehead atoms. The first-order valence-corrected chi connectivity index (χ1v) is 10.0. The number of carbonyl (C=O) groups excluding carboxylic acids is 1. The molecule has 2 aromatic rings. The average Bonchev–Trinajstić information content (AvgIpc) is 2.72. The summed E-state index contributed by atoms with van der Waals surface area (Å²) >= 11 is 0. The van der Waals surface area contributed by atoms with Crippen molar-refractivity contribution >= 4 is 5.91 Å². The number of nitrogens with one attached hydrogen (secondary N) is 3. The van der Waals surface area contributed by atoms with E-state index in [0.717, 1.165) is 17.5 Å². The summed E-state index contributed by atoms with van der Waals surface area (Å²) in [5.74, 6) is -0.267. The molecule has 1 fully saturated rings. The van der Waals surface area contributed by atoms with Crippen LogP contribution in [0.2, 0.25) is 0 Å². The summed E-state index contributed by atoms with van der Waals surface area (Å²) < 4.78 is 5.70. The van der Waals surface area contributed by atoms with E-state index in [1.165, 1.54) is 6.20 Å². The zero-order valence-corrected chi connectivity index (χ0v) is 17.5. The fourth-order valence-electron chi connectivity index (χ4n) is 3.70. The maximum atomic E-state index is 13.0. The van der Waals surface area contributed by atoms with Gasteiger partial charge in [0.15, 0.2) is 0 Å². The monoisotopic (exact) mass is 403 g/mol. The molecular weight excluding hydrogens is 374 g/mol. The van der Waals surface area contributed by atoms with Gasteiger partial charge in [0, 0.05) is 18.3 Å². The van der Waals surface area contributed by atoms with Crippen LogP contribution >= 0.6 is 0 Å². The van der Waals surface area contributed by atoms with Crippen molar-refractivity contribution in [2.24, 2.45) is 0 Å². The van der Waals surface area contributed by atoms with E-state index in [0.29, 0.717) is 11.3 Å². The number of hydrogen-bond donors (Lipinski definition) is 3. The molecule has 0 spiro atoms. The van der Waals surface area contributed by atoms with E-state index < -0.39 is 5.72 Å². The molecule has 1 aliphatic rings. The van der Waals surface area contributed by atoms with Crippen LogP contribution in [0.4, 0.5) is 0 Å². The molecule has 0 radical (unpaired) electrons. The van der Waals surface area contributed by atoms with Crippen LogP contribution in [0, 0.1) is 0 Å². The Morgan fingerprint density at radius 3 is 2.13 bits per heavy atom. The highest BCUT2D eigenvalue weighted by Crippen LogP contribution is 2.30. The molecule has 1 amide bonds. The Kier molecular flexibility index (Phi) is 6.75. The van der Waals surface area contributed by atoms with E-state index in [1.807, 2.05) is 74.5 Å². The van der Waals surface area contributed by atoms with Gasteiger partial charge in [-0.2, -0.15) is 0 Å². The molecule has 156 valence electrons. The third kappa shape index (κ3) is 5.19. The van der Waals surface area contributed by atoms with Gasteiger partial charge in [-0.05, 0) is 31.2 Å². The number of hydrogen-bond acceptors (Lipinski definition) is 4. The minimum absolute atomic E-state index is 0.135. The minimum Gasteiger partial charge on any atom is -0.374 e. The predicted molar refractivity (Wildman–Crippen MR) is 120 cm³/mol. The van der Waals surface area contributed by atoms with E-state index in [9.17, 15) is 4.79 Å². The Bertz CT molecular complexity index is 876. The van der Waals surface area contributed by atoms with E-state index >= 15 is 0 Å². The third-order valence-electron chi connectivity index (χ3n) is 5.02. The molecule has 1 aliphatic heterocycles. The molecule has 5 nitrogen and oxygen atoms in total. The number of amides is 1. The topological polar surface area (TPSA) is 62.4 Å². The molecule has 0 saturated carbocycles. The summed E-state index contributed by atoms with van der Waals surface area (Å²) in [6.45, 7) is 11.7. The molecular formula is C25H29N3O2. The van der Waals surface area contributed by atoms with E-state index in [4.69, 9.17) is 4.74 Å². The number of benzene rings is 2. The fraction of sp³-hybridized carbons (Fsp3) is 0.240. The largest absolute Gasteiger partial charge is 0.374 e. The Labute approximate surface area is 178 Å². The summed E-state index contributed by atoms with van der Waals surface area (Å²) in [5, 5.41) is 9.29. The molecule has 2 aromatic carbocycles. The summed E-state index contributed by atoms with van der Waals surface area (Å²) in [5.41, 5.74) is 2.36. The maximum absolute atomic E-state index is 13.0. The van der Waals surface area contributed by atoms with Gasteiger partial charge in [0.05, 0.1) is 17.7 Å². The van der Waals surface area contributed by atoms with Crippen LogP contribution in [0.5, 0.6) is 0 Å². The van der Waals surface area contributed by atoms with Gasteiger partial charge in [-0.15, -0.1) is 0 Å². The van der Waals surface area contributed by atoms with E-state index in [-0.39, 0.29) is 18.1 Å². The summed E-state index contributed by atoms with van der Waals surface area (Å²) in [6, 6.07) is 20.0. The van der Waals surface area contributed by atoms with Crippen LogP contribution in [0.1, 0.15) is 37.4 Å². The van der Waals surface area contributed by atoms with Crippen LogP contribution in [0.15, 0.2) is 97.5 Å². The second-order valence-electron chi connectivity index (χ2n) is 7.62. The van der Waals surface area contributed by atoms with Gasteiger partial charge < -0.3 is 20.7 Å². The standard InChI is InChI=1S/C25H29N3O2/c1-5-26-17-22(24(29)28-25(4)16-18(2)30-25)19(3)27-23(20-12-8-6-9-13-20)21-14-10-7-11-15-21/h5-15,17-18,23,26-27H,1,3,16H2,2,4H3,(H,28,29)/b22-17-. The number of carbonyl (C=O) groups is 1. The predicted octanol–water partition coefficient (Wildman–Crippen LogP) is 4.14. The van der Waals surface area contributed by atoms with E-state index in [1.54, 1.807) is 6.20 Å². The van der Waals surface area contributed by atoms with Crippen molar-refractivity contribution in [3.05, 3.63) is 109 Å². The lowest BCUT2D eigenvalue weighted by Gasteiger charge is -2.44. The quantitative estimate of drug-likeness (QED) is 0.435. The molecule has 1 saturated heterocycles.